The fourth-order valence-corrected chi connectivity index (χ4v) is 2.88. The average Bonchev–Trinajstić information content (AvgIpc) is 3.03. The Morgan fingerprint density at radius 3 is 2.77 bits per heavy atom. The van der Waals surface area contributed by atoms with E-state index in [1.54, 1.807) is 25.1 Å². The summed E-state index contributed by atoms with van der Waals surface area (Å²) >= 11 is 7.54. The first kappa shape index (κ1) is 15.0. The zero-order chi connectivity index (χ0) is 15.4. The Morgan fingerprint density at radius 2 is 2.00 bits per heavy atom. The third-order valence-corrected chi connectivity index (χ3v) is 4.32. The van der Waals surface area contributed by atoms with Gasteiger partial charge in [0.15, 0.2) is 5.76 Å². The maximum absolute atomic E-state index is 5.89. The van der Waals surface area contributed by atoms with Gasteiger partial charge in [-0.15, -0.1) is 11.8 Å². The third-order valence-electron chi connectivity index (χ3n) is 3.09. The van der Waals surface area contributed by atoms with E-state index in [2.05, 4.69) is 4.98 Å². The van der Waals surface area contributed by atoms with Crippen molar-refractivity contribution in [2.24, 2.45) is 0 Å². The van der Waals surface area contributed by atoms with Crippen LogP contribution in [0.3, 0.4) is 0 Å². The molecule has 112 valence electrons. The predicted molar refractivity (Wildman–Crippen MR) is 89.5 cm³/mol. The van der Waals surface area contributed by atoms with Gasteiger partial charge in [-0.1, -0.05) is 17.7 Å². The molecule has 5 heteroatoms. The summed E-state index contributed by atoms with van der Waals surface area (Å²) in [5, 5.41) is 0.706. The van der Waals surface area contributed by atoms with Gasteiger partial charge < -0.3 is 9.15 Å². The number of ether oxygens (including phenoxy) is 1. The summed E-state index contributed by atoms with van der Waals surface area (Å²) in [5.41, 5.74) is 0.967. The number of hydrogen-bond donors (Lipinski definition) is 0. The van der Waals surface area contributed by atoms with E-state index in [1.807, 2.05) is 48.5 Å². The van der Waals surface area contributed by atoms with Gasteiger partial charge in [0.2, 0.25) is 5.89 Å². The summed E-state index contributed by atoms with van der Waals surface area (Å²) in [6.45, 7) is 0. The van der Waals surface area contributed by atoms with Gasteiger partial charge in [-0.05, 0) is 42.5 Å². The fraction of sp³-hybridized carbons (Fsp3) is 0.118. The summed E-state index contributed by atoms with van der Waals surface area (Å²) in [6.07, 6.45) is 1.74. The Kier molecular flexibility index (Phi) is 4.71. The molecule has 3 rings (SSSR count). The zero-order valence-electron chi connectivity index (χ0n) is 12.0. The lowest BCUT2D eigenvalue weighted by atomic mass is 10.2. The lowest BCUT2D eigenvalue weighted by molar-refractivity contribution is 0.413. The highest BCUT2D eigenvalue weighted by Gasteiger charge is 2.07. The standard InChI is InChI=1S/C17H14ClNO2S/c1-20-14-3-2-4-15(9-14)22-11-17-19-10-16(21-17)12-5-7-13(18)8-6-12/h2-10H,11H2,1H3. The van der Waals surface area contributed by atoms with Crippen LogP contribution in [0, 0.1) is 0 Å². The van der Waals surface area contributed by atoms with E-state index in [4.69, 9.17) is 20.8 Å². The molecule has 2 aromatic carbocycles. The maximum atomic E-state index is 5.89. The van der Waals surface area contributed by atoms with Crippen molar-refractivity contribution >= 4 is 23.4 Å². The molecular formula is C17H14ClNO2S. The molecule has 0 N–H and O–H groups in total. The number of aromatic nitrogens is 1. The van der Waals surface area contributed by atoms with Gasteiger partial charge in [-0.2, -0.15) is 0 Å². The van der Waals surface area contributed by atoms with Gasteiger partial charge in [0.05, 0.1) is 19.1 Å². The van der Waals surface area contributed by atoms with Crippen LogP contribution >= 0.6 is 23.4 Å². The molecular weight excluding hydrogens is 318 g/mol. The smallest absolute Gasteiger partial charge is 0.205 e. The van der Waals surface area contributed by atoms with E-state index in [0.717, 1.165) is 22.0 Å². The van der Waals surface area contributed by atoms with Crippen LogP contribution in [-0.2, 0) is 5.75 Å². The minimum absolute atomic E-state index is 0.667. The van der Waals surface area contributed by atoms with Crippen molar-refractivity contribution in [1.29, 1.82) is 0 Å². The van der Waals surface area contributed by atoms with E-state index in [9.17, 15) is 0 Å². The number of nitrogens with zero attached hydrogens (tertiary/aromatic N) is 1. The molecule has 0 spiro atoms. The number of rotatable bonds is 5. The number of thioether (sulfide) groups is 1. The molecule has 0 atom stereocenters. The van der Waals surface area contributed by atoms with Gasteiger partial charge in [-0.25, -0.2) is 4.98 Å². The number of oxazole rings is 1. The molecule has 0 saturated heterocycles. The predicted octanol–water partition coefficient (Wildman–Crippen LogP) is 5.30. The van der Waals surface area contributed by atoms with Gasteiger partial charge in [-0.3, -0.25) is 0 Å². The molecule has 1 aromatic heterocycles. The second-order valence-electron chi connectivity index (χ2n) is 4.59. The molecule has 0 aliphatic heterocycles. The molecule has 0 fully saturated rings. The maximum Gasteiger partial charge on any atom is 0.205 e. The van der Waals surface area contributed by atoms with Crippen molar-refractivity contribution in [3.05, 3.63) is 65.6 Å². The number of hydrogen-bond acceptors (Lipinski definition) is 4. The van der Waals surface area contributed by atoms with Gasteiger partial charge >= 0.3 is 0 Å². The fourth-order valence-electron chi connectivity index (χ4n) is 1.96. The Labute approximate surface area is 138 Å². The normalized spacial score (nSPS) is 10.6. The quantitative estimate of drug-likeness (QED) is 0.594. The van der Waals surface area contributed by atoms with E-state index in [0.29, 0.717) is 16.7 Å². The highest BCUT2D eigenvalue weighted by molar-refractivity contribution is 7.98. The topological polar surface area (TPSA) is 35.3 Å². The van der Waals surface area contributed by atoms with Gasteiger partial charge in [0, 0.05) is 15.5 Å². The van der Waals surface area contributed by atoms with Crippen LogP contribution in [0.25, 0.3) is 11.3 Å². The molecule has 0 saturated carbocycles. The van der Waals surface area contributed by atoms with Crippen molar-refractivity contribution in [3.63, 3.8) is 0 Å². The highest BCUT2D eigenvalue weighted by Crippen LogP contribution is 2.28. The van der Waals surface area contributed by atoms with E-state index < -0.39 is 0 Å². The summed E-state index contributed by atoms with van der Waals surface area (Å²) in [5.74, 6) is 2.95. The van der Waals surface area contributed by atoms with Crippen LogP contribution in [0.15, 0.2) is 64.0 Å². The molecule has 0 aliphatic rings. The van der Waals surface area contributed by atoms with Crippen LogP contribution in [0.2, 0.25) is 5.02 Å². The Hall–Kier alpha value is -1.91. The molecule has 0 bridgehead atoms. The van der Waals surface area contributed by atoms with Crippen molar-refractivity contribution in [2.75, 3.05) is 7.11 Å². The van der Waals surface area contributed by atoms with E-state index in [-0.39, 0.29) is 0 Å². The third kappa shape index (κ3) is 3.64. The first-order valence-corrected chi connectivity index (χ1v) is 8.08. The molecule has 0 radical (unpaired) electrons. The average molecular weight is 332 g/mol. The number of benzene rings is 2. The molecule has 0 unspecified atom stereocenters. The van der Waals surface area contributed by atoms with Crippen molar-refractivity contribution in [3.8, 4) is 17.1 Å². The number of halogens is 1. The Balaban J connectivity index is 1.67. The molecule has 3 nitrogen and oxygen atoms in total. The Bertz CT molecular complexity index is 755. The molecule has 0 aliphatic carbocycles. The largest absolute Gasteiger partial charge is 0.497 e. The summed E-state index contributed by atoms with van der Waals surface area (Å²) in [6, 6.07) is 15.4. The zero-order valence-corrected chi connectivity index (χ0v) is 13.5. The van der Waals surface area contributed by atoms with Crippen LogP contribution in [0.1, 0.15) is 5.89 Å². The minimum Gasteiger partial charge on any atom is -0.497 e. The van der Waals surface area contributed by atoms with Crippen molar-refractivity contribution < 1.29 is 9.15 Å². The molecule has 1 heterocycles. The molecule has 0 amide bonds. The van der Waals surface area contributed by atoms with Crippen molar-refractivity contribution in [1.82, 2.24) is 4.98 Å². The first-order chi connectivity index (χ1) is 10.7. The van der Waals surface area contributed by atoms with E-state index >= 15 is 0 Å². The summed E-state index contributed by atoms with van der Waals surface area (Å²) < 4.78 is 11.0. The Morgan fingerprint density at radius 1 is 1.18 bits per heavy atom. The van der Waals surface area contributed by atoms with Crippen molar-refractivity contribution in [2.45, 2.75) is 10.6 Å². The van der Waals surface area contributed by atoms with E-state index in [1.165, 1.54) is 0 Å². The number of methoxy groups -OCH3 is 1. The van der Waals surface area contributed by atoms with Crippen LogP contribution < -0.4 is 4.74 Å². The summed E-state index contributed by atoms with van der Waals surface area (Å²) in [4.78, 5) is 5.44. The van der Waals surface area contributed by atoms with Crippen LogP contribution in [0.5, 0.6) is 5.75 Å². The first-order valence-electron chi connectivity index (χ1n) is 6.72. The lowest BCUT2D eigenvalue weighted by Gasteiger charge is -2.02. The van der Waals surface area contributed by atoms with Crippen LogP contribution in [-0.4, -0.2) is 12.1 Å². The lowest BCUT2D eigenvalue weighted by Crippen LogP contribution is -1.83. The molecule has 22 heavy (non-hydrogen) atoms. The monoisotopic (exact) mass is 331 g/mol. The second kappa shape index (κ2) is 6.90. The van der Waals surface area contributed by atoms with Crippen LogP contribution in [0.4, 0.5) is 0 Å². The van der Waals surface area contributed by atoms with Gasteiger partial charge in [0.1, 0.15) is 5.75 Å². The van der Waals surface area contributed by atoms with Gasteiger partial charge in [0.25, 0.3) is 0 Å². The summed E-state index contributed by atoms with van der Waals surface area (Å²) in [7, 11) is 1.66. The highest BCUT2D eigenvalue weighted by atomic mass is 35.5. The second-order valence-corrected chi connectivity index (χ2v) is 6.08. The molecule has 3 aromatic rings. The minimum atomic E-state index is 0.667. The SMILES string of the molecule is COc1cccc(SCc2ncc(-c3ccc(Cl)cc3)o2)c1.